The maximum Gasteiger partial charge on any atom is 0.323 e. The van der Waals surface area contributed by atoms with Gasteiger partial charge in [0.2, 0.25) is 5.91 Å². The van der Waals surface area contributed by atoms with Gasteiger partial charge in [0.05, 0.1) is 0 Å². The Morgan fingerprint density at radius 1 is 1.70 bits per heavy atom. The van der Waals surface area contributed by atoms with E-state index < -0.39 is 0 Å². The molecule has 4 nitrogen and oxygen atoms in total. The van der Waals surface area contributed by atoms with Crippen molar-refractivity contribution in [3.8, 4) is 0 Å². The molecule has 3 amide bonds. The highest BCUT2D eigenvalue weighted by molar-refractivity contribution is 5.95. The molecule has 0 aromatic carbocycles. The van der Waals surface area contributed by atoms with Gasteiger partial charge in [0.1, 0.15) is 0 Å². The highest BCUT2D eigenvalue weighted by atomic mass is 16.2. The maximum absolute atomic E-state index is 10.8. The van der Waals surface area contributed by atoms with Crippen LogP contribution in [0.3, 0.4) is 0 Å². The predicted octanol–water partition coefficient (Wildman–Crippen LogP) is -0.0518. The average Bonchev–Trinajstić information content (AvgIpc) is 2.34. The van der Waals surface area contributed by atoms with Crippen LogP contribution in [0, 0.1) is 0 Å². The van der Waals surface area contributed by atoms with Gasteiger partial charge in [-0.3, -0.25) is 9.69 Å². The van der Waals surface area contributed by atoms with Gasteiger partial charge in [-0.15, -0.1) is 0 Å². The summed E-state index contributed by atoms with van der Waals surface area (Å²) in [6.07, 6.45) is 1.31. The highest BCUT2D eigenvalue weighted by Crippen LogP contribution is 2.08. The Bertz CT molecular complexity index is 167. The normalized spacial score (nSPS) is 17.7. The summed E-state index contributed by atoms with van der Waals surface area (Å²) in [5.74, 6) is -0.0700. The molecule has 0 bridgehead atoms. The van der Waals surface area contributed by atoms with Crippen LogP contribution in [0.2, 0.25) is 0 Å². The van der Waals surface area contributed by atoms with E-state index >= 15 is 0 Å². The number of likely N-dealkylation sites (tertiary alicyclic amines) is 1. The van der Waals surface area contributed by atoms with E-state index in [1.54, 1.807) is 0 Å². The lowest BCUT2D eigenvalue weighted by atomic mass is 10.4. The summed E-state index contributed by atoms with van der Waals surface area (Å²) in [5, 5.41) is 2.40. The molecule has 0 spiro atoms. The molecule has 0 unspecified atom stereocenters. The van der Waals surface area contributed by atoms with Crippen molar-refractivity contribution < 1.29 is 9.59 Å². The summed E-state index contributed by atoms with van der Waals surface area (Å²) >= 11 is 0. The Kier molecular flexibility index (Phi) is 1.89. The van der Waals surface area contributed by atoms with Crippen LogP contribution in [0.1, 0.15) is 12.8 Å². The number of urea groups is 1. The Hall–Kier alpha value is -1.06. The molecule has 1 fully saturated rings. The molecule has 1 saturated heterocycles. The van der Waals surface area contributed by atoms with Gasteiger partial charge in [-0.05, 0) is 6.42 Å². The standard InChI is InChI=1S/C6H10N2O2/c1-7-6(10)8-4-2-3-5(8)9/h2-4H2,1H3,(H,7,10). The fourth-order valence-corrected chi connectivity index (χ4v) is 0.998. The first-order valence-electron chi connectivity index (χ1n) is 3.28. The van der Waals surface area contributed by atoms with Crippen LogP contribution in [-0.4, -0.2) is 30.4 Å². The van der Waals surface area contributed by atoms with Gasteiger partial charge in [-0.2, -0.15) is 0 Å². The molecular formula is C6H10N2O2. The van der Waals surface area contributed by atoms with E-state index in [0.717, 1.165) is 6.42 Å². The molecule has 1 aliphatic rings. The van der Waals surface area contributed by atoms with Gasteiger partial charge in [0.25, 0.3) is 0 Å². The topological polar surface area (TPSA) is 49.4 Å². The average molecular weight is 142 g/mol. The fourth-order valence-electron chi connectivity index (χ4n) is 0.998. The molecule has 10 heavy (non-hydrogen) atoms. The molecule has 0 atom stereocenters. The summed E-state index contributed by atoms with van der Waals surface area (Å²) in [5.41, 5.74) is 0. The molecule has 0 aromatic heterocycles. The Balaban J connectivity index is 2.55. The second-order valence-electron chi connectivity index (χ2n) is 2.20. The maximum atomic E-state index is 10.8. The number of carbonyl (C=O) groups excluding carboxylic acids is 2. The molecule has 1 rings (SSSR count). The molecule has 1 aliphatic heterocycles. The van der Waals surface area contributed by atoms with Gasteiger partial charge in [-0.1, -0.05) is 0 Å². The van der Waals surface area contributed by atoms with Crippen molar-refractivity contribution >= 4 is 11.9 Å². The molecular weight excluding hydrogens is 132 g/mol. The molecule has 1 heterocycles. The highest BCUT2D eigenvalue weighted by Gasteiger charge is 2.24. The zero-order valence-corrected chi connectivity index (χ0v) is 5.89. The third-order valence-electron chi connectivity index (χ3n) is 1.53. The van der Waals surface area contributed by atoms with Crippen LogP contribution in [0.5, 0.6) is 0 Å². The minimum absolute atomic E-state index is 0.0700. The van der Waals surface area contributed by atoms with Crippen LogP contribution in [0.25, 0.3) is 0 Å². The molecule has 0 saturated carbocycles. The van der Waals surface area contributed by atoms with Crippen molar-refractivity contribution in [3.63, 3.8) is 0 Å². The molecule has 1 N–H and O–H groups in total. The quantitative estimate of drug-likeness (QED) is 0.515. The second kappa shape index (κ2) is 2.68. The van der Waals surface area contributed by atoms with Gasteiger partial charge in [-0.25, -0.2) is 4.79 Å². The van der Waals surface area contributed by atoms with Gasteiger partial charge in [0, 0.05) is 20.0 Å². The van der Waals surface area contributed by atoms with Crippen molar-refractivity contribution in [1.29, 1.82) is 0 Å². The molecule has 56 valence electrons. The van der Waals surface area contributed by atoms with E-state index in [-0.39, 0.29) is 11.9 Å². The smallest absolute Gasteiger partial charge is 0.323 e. The number of carbonyl (C=O) groups is 2. The van der Waals surface area contributed by atoms with Crippen molar-refractivity contribution in [1.82, 2.24) is 10.2 Å². The minimum atomic E-state index is -0.289. The van der Waals surface area contributed by atoms with E-state index in [1.807, 2.05) is 0 Å². The summed E-state index contributed by atoms with van der Waals surface area (Å²) in [4.78, 5) is 22.9. The number of imide groups is 1. The lowest BCUT2D eigenvalue weighted by Gasteiger charge is -2.11. The van der Waals surface area contributed by atoms with E-state index in [0.29, 0.717) is 13.0 Å². The van der Waals surface area contributed by atoms with Crippen LogP contribution in [0.15, 0.2) is 0 Å². The van der Waals surface area contributed by atoms with E-state index in [2.05, 4.69) is 5.32 Å². The molecule has 0 aromatic rings. The van der Waals surface area contributed by atoms with Crippen molar-refractivity contribution in [2.75, 3.05) is 13.6 Å². The van der Waals surface area contributed by atoms with Crippen LogP contribution in [-0.2, 0) is 4.79 Å². The number of hydrogen-bond donors (Lipinski definition) is 1. The van der Waals surface area contributed by atoms with E-state index in [9.17, 15) is 9.59 Å². The summed E-state index contributed by atoms with van der Waals surface area (Å²) in [7, 11) is 1.52. The van der Waals surface area contributed by atoms with E-state index in [1.165, 1.54) is 11.9 Å². The first-order valence-corrected chi connectivity index (χ1v) is 3.28. The lowest BCUT2D eigenvalue weighted by molar-refractivity contribution is -0.125. The first-order chi connectivity index (χ1) is 4.75. The lowest BCUT2D eigenvalue weighted by Crippen LogP contribution is -2.38. The van der Waals surface area contributed by atoms with Crippen molar-refractivity contribution in [2.24, 2.45) is 0 Å². The zero-order valence-electron chi connectivity index (χ0n) is 5.89. The number of rotatable bonds is 0. The minimum Gasteiger partial charge on any atom is -0.341 e. The number of nitrogens with one attached hydrogen (secondary N) is 1. The third kappa shape index (κ3) is 1.10. The third-order valence-corrected chi connectivity index (χ3v) is 1.53. The monoisotopic (exact) mass is 142 g/mol. The second-order valence-corrected chi connectivity index (χ2v) is 2.20. The first kappa shape index (κ1) is 7.05. The van der Waals surface area contributed by atoms with Gasteiger partial charge >= 0.3 is 6.03 Å². The van der Waals surface area contributed by atoms with Crippen LogP contribution < -0.4 is 5.32 Å². The Labute approximate surface area is 59.2 Å². The molecule has 0 aliphatic carbocycles. The van der Waals surface area contributed by atoms with Gasteiger partial charge in [0.15, 0.2) is 0 Å². The largest absolute Gasteiger partial charge is 0.341 e. The number of amides is 3. The Morgan fingerprint density at radius 3 is 2.80 bits per heavy atom. The van der Waals surface area contributed by atoms with Crippen molar-refractivity contribution in [2.45, 2.75) is 12.8 Å². The summed E-state index contributed by atoms with van der Waals surface area (Å²) in [6.45, 7) is 0.568. The molecule has 4 heteroatoms. The van der Waals surface area contributed by atoms with Crippen LogP contribution in [0.4, 0.5) is 4.79 Å². The SMILES string of the molecule is CNC(=O)N1CCCC1=O. The predicted molar refractivity (Wildman–Crippen MR) is 35.4 cm³/mol. The Morgan fingerprint density at radius 2 is 2.40 bits per heavy atom. The van der Waals surface area contributed by atoms with Crippen LogP contribution >= 0.6 is 0 Å². The fraction of sp³-hybridized carbons (Fsp3) is 0.667. The number of nitrogens with zero attached hydrogens (tertiary/aromatic N) is 1. The molecule has 0 radical (unpaired) electrons. The summed E-state index contributed by atoms with van der Waals surface area (Å²) < 4.78 is 0. The zero-order chi connectivity index (χ0) is 7.56. The van der Waals surface area contributed by atoms with Crippen molar-refractivity contribution in [3.05, 3.63) is 0 Å². The van der Waals surface area contributed by atoms with E-state index in [4.69, 9.17) is 0 Å². The number of hydrogen-bond acceptors (Lipinski definition) is 2. The van der Waals surface area contributed by atoms with Gasteiger partial charge < -0.3 is 5.32 Å². The summed E-state index contributed by atoms with van der Waals surface area (Å²) in [6, 6.07) is -0.289.